The Labute approximate surface area is 112 Å². The van der Waals surface area contributed by atoms with Crippen LogP contribution in [0.25, 0.3) is 22.2 Å². The molecule has 1 aromatic heterocycles. The van der Waals surface area contributed by atoms with Gasteiger partial charge in [0.2, 0.25) is 0 Å². The molecule has 0 fully saturated rings. The number of hydrogen-bond acceptors (Lipinski definition) is 0. The molecule has 1 aliphatic rings. The highest BCUT2D eigenvalue weighted by Gasteiger charge is 2.25. The van der Waals surface area contributed by atoms with Crippen molar-refractivity contribution in [1.82, 2.24) is 4.57 Å². The van der Waals surface area contributed by atoms with Crippen molar-refractivity contribution in [3.05, 3.63) is 72.3 Å². The third kappa shape index (κ3) is 1.36. The van der Waals surface area contributed by atoms with E-state index in [9.17, 15) is 0 Å². The Kier molecular flexibility index (Phi) is 2.16. The minimum Gasteiger partial charge on any atom is -0.336 e. The molecule has 2 aromatic carbocycles. The molecule has 1 nitrogen and oxygen atoms in total. The van der Waals surface area contributed by atoms with Gasteiger partial charge in [-0.2, -0.15) is 0 Å². The van der Waals surface area contributed by atoms with Crippen molar-refractivity contribution in [2.24, 2.45) is 0 Å². The number of para-hydroxylation sites is 1. The third-order valence-corrected chi connectivity index (χ3v) is 4.03. The summed E-state index contributed by atoms with van der Waals surface area (Å²) in [5.74, 6) is 0. The molecule has 0 spiro atoms. The Morgan fingerprint density at radius 2 is 1.84 bits per heavy atom. The topological polar surface area (TPSA) is 4.93 Å². The van der Waals surface area contributed by atoms with Gasteiger partial charge in [0.05, 0.1) is 5.69 Å². The first-order valence-corrected chi connectivity index (χ1v) is 6.69. The highest BCUT2D eigenvalue weighted by molar-refractivity contribution is 5.95. The van der Waals surface area contributed by atoms with Crippen LogP contribution >= 0.6 is 0 Å². The fraction of sp³-hybridized carbons (Fsp3) is 0.111. The minimum absolute atomic E-state index is 0.865. The summed E-state index contributed by atoms with van der Waals surface area (Å²) in [6.45, 7) is 4.77. The van der Waals surface area contributed by atoms with Crippen LogP contribution in [-0.4, -0.2) is 4.57 Å². The lowest BCUT2D eigenvalue weighted by molar-refractivity contribution is 0.874. The predicted molar refractivity (Wildman–Crippen MR) is 80.4 cm³/mol. The Morgan fingerprint density at radius 3 is 2.74 bits per heavy atom. The van der Waals surface area contributed by atoms with Crippen LogP contribution in [0.5, 0.6) is 0 Å². The zero-order valence-corrected chi connectivity index (χ0v) is 10.8. The van der Waals surface area contributed by atoms with Gasteiger partial charge in [0.25, 0.3) is 0 Å². The maximum atomic E-state index is 3.90. The molecular weight excluding hydrogens is 230 g/mol. The Balaban J connectivity index is 2.12. The SMILES string of the molecule is C=CCn1c2c(c3ccccc31)Cc1ccccc1-2. The van der Waals surface area contributed by atoms with Gasteiger partial charge in [0.15, 0.2) is 0 Å². The van der Waals surface area contributed by atoms with Gasteiger partial charge in [-0.3, -0.25) is 0 Å². The Bertz CT molecular complexity index is 793. The van der Waals surface area contributed by atoms with E-state index in [1.807, 2.05) is 6.08 Å². The maximum absolute atomic E-state index is 3.90. The van der Waals surface area contributed by atoms with Crippen LogP contribution in [0.3, 0.4) is 0 Å². The Morgan fingerprint density at radius 1 is 1.05 bits per heavy atom. The van der Waals surface area contributed by atoms with E-state index >= 15 is 0 Å². The number of benzene rings is 2. The lowest BCUT2D eigenvalue weighted by Crippen LogP contribution is -1.97. The number of aromatic nitrogens is 1. The lowest BCUT2D eigenvalue weighted by atomic mass is 10.1. The smallest absolute Gasteiger partial charge is 0.0533 e. The summed E-state index contributed by atoms with van der Waals surface area (Å²) < 4.78 is 2.39. The molecule has 0 bridgehead atoms. The summed E-state index contributed by atoms with van der Waals surface area (Å²) in [4.78, 5) is 0. The molecule has 1 aliphatic carbocycles. The third-order valence-electron chi connectivity index (χ3n) is 4.03. The second kappa shape index (κ2) is 3.86. The summed E-state index contributed by atoms with van der Waals surface area (Å²) in [6, 6.07) is 17.4. The molecule has 92 valence electrons. The molecule has 0 unspecified atom stereocenters. The number of fused-ring (bicyclic) bond motifs is 5. The van der Waals surface area contributed by atoms with E-state index < -0.39 is 0 Å². The van der Waals surface area contributed by atoms with E-state index in [-0.39, 0.29) is 0 Å². The quantitative estimate of drug-likeness (QED) is 0.461. The van der Waals surface area contributed by atoms with Crippen molar-refractivity contribution in [1.29, 1.82) is 0 Å². The summed E-state index contributed by atoms with van der Waals surface area (Å²) in [6.07, 6.45) is 3.03. The van der Waals surface area contributed by atoms with Crippen LogP contribution in [0.1, 0.15) is 11.1 Å². The van der Waals surface area contributed by atoms with Gasteiger partial charge >= 0.3 is 0 Å². The number of hydrogen-bond donors (Lipinski definition) is 0. The van der Waals surface area contributed by atoms with E-state index in [0.717, 1.165) is 13.0 Å². The van der Waals surface area contributed by atoms with Crippen LogP contribution in [0.4, 0.5) is 0 Å². The predicted octanol–water partition coefficient (Wildman–Crippen LogP) is 4.40. The van der Waals surface area contributed by atoms with Crippen molar-refractivity contribution in [2.45, 2.75) is 13.0 Å². The van der Waals surface area contributed by atoms with Crippen molar-refractivity contribution in [2.75, 3.05) is 0 Å². The summed E-state index contributed by atoms with van der Waals surface area (Å²) >= 11 is 0. The van der Waals surface area contributed by atoms with Crippen molar-refractivity contribution < 1.29 is 0 Å². The zero-order chi connectivity index (χ0) is 12.8. The highest BCUT2D eigenvalue weighted by Crippen LogP contribution is 2.42. The molecule has 1 heteroatoms. The lowest BCUT2D eigenvalue weighted by Gasteiger charge is -2.08. The molecule has 0 radical (unpaired) electrons. The van der Waals surface area contributed by atoms with Crippen LogP contribution in [0.15, 0.2) is 61.2 Å². The van der Waals surface area contributed by atoms with Gasteiger partial charge in [0.1, 0.15) is 0 Å². The van der Waals surface area contributed by atoms with Crippen molar-refractivity contribution in [3.63, 3.8) is 0 Å². The van der Waals surface area contributed by atoms with E-state index in [2.05, 4.69) is 59.7 Å². The van der Waals surface area contributed by atoms with Crippen LogP contribution in [0, 0.1) is 0 Å². The van der Waals surface area contributed by atoms with Crippen LogP contribution in [0.2, 0.25) is 0 Å². The van der Waals surface area contributed by atoms with E-state index in [1.54, 1.807) is 0 Å². The van der Waals surface area contributed by atoms with Crippen molar-refractivity contribution >= 4 is 10.9 Å². The molecule has 0 atom stereocenters. The monoisotopic (exact) mass is 245 g/mol. The normalized spacial score (nSPS) is 12.4. The zero-order valence-electron chi connectivity index (χ0n) is 10.8. The molecule has 0 amide bonds. The highest BCUT2D eigenvalue weighted by atomic mass is 15.0. The van der Waals surface area contributed by atoms with E-state index in [4.69, 9.17) is 0 Å². The standard InChI is InChI=1S/C18H15N/c1-2-11-19-17-10-6-5-9-15(17)16-12-13-7-3-4-8-14(13)18(16)19/h2-10H,1,11-12H2. The molecule has 0 saturated heterocycles. The molecule has 19 heavy (non-hydrogen) atoms. The van der Waals surface area contributed by atoms with E-state index in [1.165, 1.54) is 33.3 Å². The van der Waals surface area contributed by atoms with Gasteiger partial charge in [-0.05, 0) is 17.2 Å². The molecule has 3 aromatic rings. The average molecular weight is 245 g/mol. The second-order valence-electron chi connectivity index (χ2n) is 5.08. The first kappa shape index (κ1) is 10.6. The largest absolute Gasteiger partial charge is 0.336 e. The first-order chi connectivity index (χ1) is 9.40. The van der Waals surface area contributed by atoms with Gasteiger partial charge in [-0.25, -0.2) is 0 Å². The molecule has 0 saturated carbocycles. The molecular formula is C18H15N. The number of rotatable bonds is 2. The summed E-state index contributed by atoms with van der Waals surface area (Å²) in [5.41, 5.74) is 7.00. The summed E-state index contributed by atoms with van der Waals surface area (Å²) in [5, 5.41) is 1.38. The van der Waals surface area contributed by atoms with Gasteiger partial charge in [0, 0.05) is 29.4 Å². The summed E-state index contributed by atoms with van der Waals surface area (Å²) in [7, 11) is 0. The van der Waals surface area contributed by atoms with Crippen molar-refractivity contribution in [3.8, 4) is 11.3 Å². The fourth-order valence-corrected chi connectivity index (χ4v) is 3.28. The molecule has 0 aliphatic heterocycles. The fourth-order valence-electron chi connectivity index (χ4n) is 3.28. The number of nitrogens with zero attached hydrogens (tertiary/aromatic N) is 1. The minimum atomic E-state index is 0.865. The first-order valence-electron chi connectivity index (χ1n) is 6.69. The Hall–Kier alpha value is -2.28. The maximum Gasteiger partial charge on any atom is 0.0533 e. The van der Waals surface area contributed by atoms with Gasteiger partial charge in [-0.15, -0.1) is 6.58 Å². The second-order valence-corrected chi connectivity index (χ2v) is 5.08. The van der Waals surface area contributed by atoms with Gasteiger partial charge in [-0.1, -0.05) is 48.5 Å². The van der Waals surface area contributed by atoms with Crippen LogP contribution < -0.4 is 0 Å². The van der Waals surface area contributed by atoms with Crippen LogP contribution in [-0.2, 0) is 13.0 Å². The molecule has 4 rings (SSSR count). The molecule has 0 N–H and O–H groups in total. The van der Waals surface area contributed by atoms with E-state index in [0.29, 0.717) is 0 Å². The number of allylic oxidation sites excluding steroid dienone is 1. The average Bonchev–Trinajstić information content (AvgIpc) is 2.96. The van der Waals surface area contributed by atoms with Gasteiger partial charge < -0.3 is 4.57 Å². The molecule has 1 heterocycles.